The number of hydrogen-bond acceptors (Lipinski definition) is 5. The van der Waals surface area contributed by atoms with Crippen molar-refractivity contribution in [3.05, 3.63) is 58.8 Å². The number of nitrogens with zero attached hydrogens (tertiary/aromatic N) is 2. The second kappa shape index (κ2) is 5.87. The molecule has 1 N–H and O–H groups in total. The van der Waals surface area contributed by atoms with Gasteiger partial charge in [-0.2, -0.15) is 4.68 Å². The van der Waals surface area contributed by atoms with Crippen molar-refractivity contribution in [1.82, 2.24) is 9.78 Å². The fraction of sp³-hybridized carbons (Fsp3) is 0.0714. The summed E-state index contributed by atoms with van der Waals surface area (Å²) in [5, 5.41) is 6.13. The molecule has 1 aromatic carbocycles. The zero-order valence-corrected chi connectivity index (χ0v) is 11.5. The van der Waals surface area contributed by atoms with Crippen LogP contribution >= 0.6 is 0 Å². The first kappa shape index (κ1) is 14.7. The van der Waals surface area contributed by atoms with Crippen LogP contribution < -0.4 is 11.1 Å². The van der Waals surface area contributed by atoms with Gasteiger partial charge in [0.1, 0.15) is 6.54 Å². The number of aromatic nitrogens is 2. The number of carbonyl (C=O) groups excluding carboxylic acids is 1. The van der Waals surface area contributed by atoms with E-state index >= 15 is 0 Å². The normalized spacial score (nSPS) is 10.7. The molecular formula is C14H9F2N3O4. The average Bonchev–Trinajstić information content (AvgIpc) is 3.13. The number of rotatable bonds is 4. The van der Waals surface area contributed by atoms with E-state index in [9.17, 15) is 18.4 Å². The summed E-state index contributed by atoms with van der Waals surface area (Å²) in [7, 11) is 0. The van der Waals surface area contributed by atoms with E-state index in [4.69, 9.17) is 8.83 Å². The summed E-state index contributed by atoms with van der Waals surface area (Å²) in [4.78, 5) is 23.5. The standard InChI is InChI=1S/C14H9F2N3O4/c15-9-4-3-8(6-10(9)16)17-12(20)7-19-14(21)23-13(18-19)11-2-1-5-22-11/h1-6H,7H2,(H,17,20). The summed E-state index contributed by atoms with van der Waals surface area (Å²) < 4.78 is 36.5. The Bertz CT molecular complexity index is 899. The smallest absolute Gasteiger partial charge is 0.437 e. The first-order chi connectivity index (χ1) is 11.0. The molecule has 0 saturated carbocycles. The minimum Gasteiger partial charge on any atom is -0.459 e. The highest BCUT2D eigenvalue weighted by molar-refractivity contribution is 5.90. The average molecular weight is 321 g/mol. The number of benzene rings is 1. The van der Waals surface area contributed by atoms with Crippen molar-refractivity contribution < 1.29 is 22.4 Å². The van der Waals surface area contributed by atoms with Gasteiger partial charge in [-0.1, -0.05) is 0 Å². The highest BCUT2D eigenvalue weighted by Crippen LogP contribution is 2.15. The largest absolute Gasteiger partial charge is 0.459 e. The van der Waals surface area contributed by atoms with Gasteiger partial charge in [0.15, 0.2) is 17.4 Å². The molecule has 0 aliphatic carbocycles. The topological polar surface area (TPSA) is 90.3 Å². The van der Waals surface area contributed by atoms with Crippen LogP contribution in [0.1, 0.15) is 0 Å². The number of carbonyl (C=O) groups is 1. The SMILES string of the molecule is O=C(Cn1nc(-c2ccco2)oc1=O)Nc1ccc(F)c(F)c1. The van der Waals surface area contributed by atoms with E-state index in [1.165, 1.54) is 18.4 Å². The maximum Gasteiger partial charge on any atom is 0.437 e. The van der Waals surface area contributed by atoms with Gasteiger partial charge in [0.25, 0.3) is 5.89 Å². The molecule has 1 amide bonds. The van der Waals surface area contributed by atoms with Gasteiger partial charge in [0, 0.05) is 11.8 Å². The molecular weight excluding hydrogens is 312 g/mol. The molecule has 118 valence electrons. The Balaban J connectivity index is 1.73. The lowest BCUT2D eigenvalue weighted by Crippen LogP contribution is -2.25. The van der Waals surface area contributed by atoms with Crippen molar-refractivity contribution in [3.63, 3.8) is 0 Å². The third-order valence-corrected chi connectivity index (χ3v) is 2.83. The molecule has 7 nitrogen and oxygen atoms in total. The molecule has 23 heavy (non-hydrogen) atoms. The first-order valence-corrected chi connectivity index (χ1v) is 6.39. The lowest BCUT2D eigenvalue weighted by molar-refractivity contribution is -0.117. The van der Waals surface area contributed by atoms with Gasteiger partial charge in [0.2, 0.25) is 5.91 Å². The van der Waals surface area contributed by atoms with Crippen molar-refractivity contribution in [2.45, 2.75) is 6.54 Å². The van der Waals surface area contributed by atoms with Crippen LogP contribution in [0, 0.1) is 11.6 Å². The summed E-state index contributed by atoms with van der Waals surface area (Å²) >= 11 is 0. The van der Waals surface area contributed by atoms with Crippen LogP contribution in [0.15, 0.2) is 50.2 Å². The molecule has 0 radical (unpaired) electrons. The minimum atomic E-state index is -1.10. The predicted molar refractivity (Wildman–Crippen MR) is 73.5 cm³/mol. The van der Waals surface area contributed by atoms with E-state index in [-0.39, 0.29) is 17.3 Å². The number of nitrogens with one attached hydrogen (secondary N) is 1. The zero-order chi connectivity index (χ0) is 16.4. The van der Waals surface area contributed by atoms with Gasteiger partial charge in [-0.3, -0.25) is 4.79 Å². The van der Waals surface area contributed by atoms with Gasteiger partial charge in [-0.25, -0.2) is 13.6 Å². The molecule has 0 aliphatic rings. The van der Waals surface area contributed by atoms with Crippen LogP contribution in [0.2, 0.25) is 0 Å². The van der Waals surface area contributed by atoms with Gasteiger partial charge >= 0.3 is 5.76 Å². The fourth-order valence-corrected chi connectivity index (χ4v) is 1.82. The Labute approximate surface area is 127 Å². The van der Waals surface area contributed by atoms with E-state index < -0.39 is 29.8 Å². The number of furan rings is 1. The highest BCUT2D eigenvalue weighted by atomic mass is 19.2. The zero-order valence-electron chi connectivity index (χ0n) is 11.5. The van der Waals surface area contributed by atoms with Gasteiger partial charge in [-0.05, 0) is 24.3 Å². The van der Waals surface area contributed by atoms with E-state index in [2.05, 4.69) is 10.4 Å². The number of amides is 1. The van der Waals surface area contributed by atoms with Crippen LogP contribution in [-0.4, -0.2) is 15.7 Å². The molecule has 9 heteroatoms. The van der Waals surface area contributed by atoms with Crippen molar-refractivity contribution in [3.8, 4) is 11.7 Å². The summed E-state index contributed by atoms with van der Waals surface area (Å²) in [5.41, 5.74) is 0.0525. The molecule has 0 atom stereocenters. The third-order valence-electron chi connectivity index (χ3n) is 2.83. The molecule has 2 heterocycles. The van der Waals surface area contributed by atoms with E-state index in [0.29, 0.717) is 0 Å². The molecule has 0 unspecified atom stereocenters. The first-order valence-electron chi connectivity index (χ1n) is 6.39. The molecule has 0 fully saturated rings. The van der Waals surface area contributed by atoms with Crippen molar-refractivity contribution in [2.75, 3.05) is 5.32 Å². The van der Waals surface area contributed by atoms with Crippen LogP contribution in [-0.2, 0) is 11.3 Å². The molecule has 3 aromatic rings. The Hall–Kier alpha value is -3.23. The molecule has 0 spiro atoms. The monoisotopic (exact) mass is 321 g/mol. The second-order valence-corrected chi connectivity index (χ2v) is 4.49. The molecule has 0 saturated heterocycles. The molecule has 0 bridgehead atoms. The summed E-state index contributed by atoms with van der Waals surface area (Å²) in [6, 6.07) is 6.02. The van der Waals surface area contributed by atoms with Crippen LogP contribution in [0.5, 0.6) is 0 Å². The summed E-state index contributed by atoms with van der Waals surface area (Å²) in [6.45, 7) is -0.456. The minimum absolute atomic E-state index is 0.0525. The third kappa shape index (κ3) is 3.18. The molecule has 2 aromatic heterocycles. The van der Waals surface area contributed by atoms with Crippen molar-refractivity contribution in [1.29, 1.82) is 0 Å². The Morgan fingerprint density at radius 1 is 1.26 bits per heavy atom. The molecule has 3 rings (SSSR count). The Kier molecular flexibility index (Phi) is 3.75. The van der Waals surface area contributed by atoms with Crippen molar-refractivity contribution >= 4 is 11.6 Å². The van der Waals surface area contributed by atoms with E-state index in [1.54, 1.807) is 6.07 Å². The van der Waals surface area contributed by atoms with E-state index in [0.717, 1.165) is 16.8 Å². The van der Waals surface area contributed by atoms with Gasteiger partial charge < -0.3 is 14.2 Å². The van der Waals surface area contributed by atoms with Gasteiger partial charge in [-0.15, -0.1) is 5.10 Å². The number of anilines is 1. The van der Waals surface area contributed by atoms with Crippen LogP contribution in [0.3, 0.4) is 0 Å². The van der Waals surface area contributed by atoms with Crippen LogP contribution in [0.4, 0.5) is 14.5 Å². The maximum absolute atomic E-state index is 13.1. The van der Waals surface area contributed by atoms with Gasteiger partial charge in [0.05, 0.1) is 6.26 Å². The Morgan fingerprint density at radius 2 is 2.09 bits per heavy atom. The Morgan fingerprint density at radius 3 is 2.78 bits per heavy atom. The lowest BCUT2D eigenvalue weighted by atomic mass is 10.3. The summed E-state index contributed by atoms with van der Waals surface area (Å²) in [5.74, 6) is -3.46. The quantitative estimate of drug-likeness (QED) is 0.794. The number of halogens is 2. The molecule has 0 aliphatic heterocycles. The number of hydrogen-bond donors (Lipinski definition) is 1. The highest BCUT2D eigenvalue weighted by Gasteiger charge is 2.15. The van der Waals surface area contributed by atoms with Crippen LogP contribution in [0.25, 0.3) is 11.7 Å². The lowest BCUT2D eigenvalue weighted by Gasteiger charge is -2.04. The predicted octanol–water partition coefficient (Wildman–Crippen LogP) is 2.01. The van der Waals surface area contributed by atoms with E-state index in [1.807, 2.05) is 0 Å². The summed E-state index contributed by atoms with van der Waals surface area (Å²) in [6.07, 6.45) is 1.38. The second-order valence-electron chi connectivity index (χ2n) is 4.49. The maximum atomic E-state index is 13.1. The fourth-order valence-electron chi connectivity index (χ4n) is 1.82. The van der Waals surface area contributed by atoms with Crippen molar-refractivity contribution in [2.24, 2.45) is 0 Å².